The molecule has 33 heavy (non-hydrogen) atoms. The maximum Gasteiger partial charge on any atom is 0.394 e. The van der Waals surface area contributed by atoms with Gasteiger partial charge < -0.3 is 16.4 Å². The number of fused-ring (bicyclic) bond motifs is 1. The van der Waals surface area contributed by atoms with Crippen LogP contribution in [0.25, 0.3) is 22.0 Å². The number of nitrogens with two attached hydrogens (primary N) is 1. The Balaban J connectivity index is 1.53. The molecule has 4 N–H and O–H groups in total. The highest BCUT2D eigenvalue weighted by Gasteiger charge is 2.62. The molecule has 0 radical (unpaired) electrons. The first kappa shape index (κ1) is 22.8. The number of alkyl halides is 3. The lowest BCUT2D eigenvalue weighted by Gasteiger charge is -2.19. The minimum absolute atomic E-state index is 0.0665. The van der Waals surface area contributed by atoms with Crippen LogP contribution in [0.4, 0.5) is 33.9 Å². The highest BCUT2D eigenvalue weighted by atomic mass is 19.4. The summed E-state index contributed by atoms with van der Waals surface area (Å²) >= 11 is 0. The maximum atomic E-state index is 14.6. The number of anilines is 2. The molecule has 0 aliphatic heterocycles. The van der Waals surface area contributed by atoms with E-state index in [1.807, 2.05) is 13.0 Å². The van der Waals surface area contributed by atoms with E-state index in [0.717, 1.165) is 10.9 Å². The maximum absolute atomic E-state index is 14.6. The lowest BCUT2D eigenvalue weighted by atomic mass is 9.97. The van der Waals surface area contributed by atoms with Gasteiger partial charge in [0, 0.05) is 35.5 Å². The number of nitrogens with zero attached hydrogens (tertiary/aromatic N) is 2. The normalized spacial score (nSPS) is 14.8. The second-order valence-corrected chi connectivity index (χ2v) is 8.48. The average molecular weight is 461 g/mol. The van der Waals surface area contributed by atoms with Crippen molar-refractivity contribution in [3.63, 3.8) is 0 Å². The van der Waals surface area contributed by atoms with E-state index in [0.29, 0.717) is 28.2 Å². The lowest BCUT2D eigenvalue weighted by Crippen LogP contribution is -2.34. The second kappa shape index (κ2) is 8.17. The first-order chi connectivity index (χ1) is 15.5. The molecule has 0 spiro atoms. The van der Waals surface area contributed by atoms with E-state index in [2.05, 4.69) is 20.6 Å². The number of hydrogen-bond donors (Lipinski definition) is 3. The Morgan fingerprint density at radius 2 is 1.88 bits per heavy atom. The van der Waals surface area contributed by atoms with Crippen LogP contribution < -0.4 is 16.4 Å². The molecule has 1 saturated carbocycles. The van der Waals surface area contributed by atoms with Crippen molar-refractivity contribution in [3.05, 3.63) is 47.5 Å². The summed E-state index contributed by atoms with van der Waals surface area (Å²) in [7, 11) is 0. The zero-order chi connectivity index (χ0) is 24.0. The number of benzene rings is 1. The van der Waals surface area contributed by atoms with Crippen molar-refractivity contribution in [1.82, 2.24) is 15.3 Å². The number of carbonyl (C=O) groups excluding carboxylic acids is 1. The molecule has 174 valence electrons. The van der Waals surface area contributed by atoms with Gasteiger partial charge in [0.25, 0.3) is 0 Å². The zero-order valence-electron chi connectivity index (χ0n) is 18.1. The van der Waals surface area contributed by atoms with Gasteiger partial charge in [-0.3, -0.25) is 4.98 Å². The third-order valence-corrected chi connectivity index (χ3v) is 6.11. The molecule has 10 heteroatoms. The van der Waals surface area contributed by atoms with Crippen LogP contribution in [0.5, 0.6) is 0 Å². The molecule has 2 amide bonds. The number of nitrogen functional groups attached to an aromatic ring is 1. The van der Waals surface area contributed by atoms with E-state index in [1.54, 1.807) is 19.2 Å². The van der Waals surface area contributed by atoms with Crippen molar-refractivity contribution in [2.75, 3.05) is 17.6 Å². The third kappa shape index (κ3) is 4.55. The summed E-state index contributed by atoms with van der Waals surface area (Å²) in [5.41, 5.74) is 7.31. The van der Waals surface area contributed by atoms with E-state index in [9.17, 15) is 22.4 Å². The number of carbonyl (C=O) groups is 1. The number of hydrogen-bond acceptors (Lipinski definition) is 4. The molecule has 2 heterocycles. The first-order valence-corrected chi connectivity index (χ1v) is 10.4. The molecule has 0 saturated heterocycles. The van der Waals surface area contributed by atoms with Crippen molar-refractivity contribution in [3.8, 4) is 11.1 Å². The Morgan fingerprint density at radius 1 is 1.15 bits per heavy atom. The van der Waals surface area contributed by atoms with Crippen molar-refractivity contribution in [1.29, 1.82) is 0 Å². The molecule has 2 aromatic heterocycles. The van der Waals surface area contributed by atoms with Crippen LogP contribution in [0.2, 0.25) is 0 Å². The minimum Gasteiger partial charge on any atom is -0.384 e. The highest BCUT2D eigenvalue weighted by Crippen LogP contribution is 2.59. The summed E-state index contributed by atoms with van der Waals surface area (Å²) in [4.78, 5) is 20.8. The Labute approximate surface area is 187 Å². The predicted molar refractivity (Wildman–Crippen MR) is 118 cm³/mol. The number of aromatic nitrogens is 2. The minimum atomic E-state index is -4.28. The van der Waals surface area contributed by atoms with E-state index in [1.165, 1.54) is 12.1 Å². The summed E-state index contributed by atoms with van der Waals surface area (Å²) < 4.78 is 53.6. The summed E-state index contributed by atoms with van der Waals surface area (Å²) in [6.07, 6.45) is -2.75. The van der Waals surface area contributed by atoms with Crippen molar-refractivity contribution >= 4 is 28.4 Å². The standard InChI is InChI=1S/C23H23F4N5O/c1-12-7-17(24)19(32-21(33)29-6-5-22(3-4-22)23(25,26)27)9-15(12)16-8-14-11-30-20(28)10-18(14)31-13(16)2/h7-11H,3-6H2,1-2H3,(H2,28,30)(H2,29,32,33). The fourth-order valence-corrected chi connectivity index (χ4v) is 3.92. The summed E-state index contributed by atoms with van der Waals surface area (Å²) in [5.74, 6) is -0.304. The number of halogens is 4. The molecule has 1 aromatic carbocycles. The molecule has 1 aliphatic rings. The van der Waals surface area contributed by atoms with Crippen molar-refractivity contribution < 1.29 is 22.4 Å². The van der Waals surface area contributed by atoms with Crippen LogP contribution in [0, 0.1) is 25.1 Å². The Hall–Kier alpha value is -3.43. The molecule has 1 aliphatic carbocycles. The monoisotopic (exact) mass is 461 g/mol. The van der Waals surface area contributed by atoms with E-state index >= 15 is 0 Å². The van der Waals surface area contributed by atoms with E-state index in [-0.39, 0.29) is 31.5 Å². The topological polar surface area (TPSA) is 92.9 Å². The van der Waals surface area contributed by atoms with Crippen LogP contribution in [0.3, 0.4) is 0 Å². The zero-order valence-corrected chi connectivity index (χ0v) is 18.1. The molecule has 4 rings (SSSR count). The van der Waals surface area contributed by atoms with Crippen LogP contribution in [0.15, 0.2) is 30.5 Å². The van der Waals surface area contributed by atoms with E-state index < -0.39 is 23.4 Å². The highest BCUT2D eigenvalue weighted by molar-refractivity contribution is 5.92. The van der Waals surface area contributed by atoms with Gasteiger partial charge in [0.2, 0.25) is 0 Å². The van der Waals surface area contributed by atoms with Gasteiger partial charge in [0.1, 0.15) is 11.6 Å². The summed E-state index contributed by atoms with van der Waals surface area (Å²) in [6.45, 7) is 3.39. The van der Waals surface area contributed by atoms with Gasteiger partial charge in [-0.25, -0.2) is 14.2 Å². The SMILES string of the molecule is Cc1cc(F)c(NC(=O)NCCC2(C(F)(F)F)CC2)cc1-c1cc2cnc(N)cc2nc1C. The second-order valence-electron chi connectivity index (χ2n) is 8.48. The fourth-order valence-electron chi connectivity index (χ4n) is 3.92. The molecule has 0 unspecified atom stereocenters. The molecular formula is C23H23F4N5O. The van der Waals surface area contributed by atoms with Crippen LogP contribution in [-0.4, -0.2) is 28.7 Å². The van der Waals surface area contributed by atoms with Gasteiger partial charge in [0.05, 0.1) is 16.6 Å². The predicted octanol–water partition coefficient (Wildman–Crippen LogP) is 5.49. The molecule has 6 nitrogen and oxygen atoms in total. The van der Waals surface area contributed by atoms with Crippen LogP contribution in [0.1, 0.15) is 30.5 Å². The van der Waals surface area contributed by atoms with Gasteiger partial charge in [-0.05, 0) is 62.4 Å². The van der Waals surface area contributed by atoms with Gasteiger partial charge in [-0.1, -0.05) is 0 Å². The van der Waals surface area contributed by atoms with Gasteiger partial charge in [-0.2, -0.15) is 13.2 Å². The van der Waals surface area contributed by atoms with Gasteiger partial charge >= 0.3 is 12.2 Å². The third-order valence-electron chi connectivity index (χ3n) is 6.11. The number of aryl methyl sites for hydroxylation is 2. The molecule has 1 fully saturated rings. The molecule has 0 atom stereocenters. The van der Waals surface area contributed by atoms with Gasteiger partial charge in [0.15, 0.2) is 0 Å². The number of rotatable bonds is 5. The van der Waals surface area contributed by atoms with Crippen molar-refractivity contribution in [2.24, 2.45) is 5.41 Å². The lowest BCUT2D eigenvalue weighted by molar-refractivity contribution is -0.188. The van der Waals surface area contributed by atoms with Crippen LogP contribution >= 0.6 is 0 Å². The summed E-state index contributed by atoms with van der Waals surface area (Å²) in [6, 6.07) is 5.53. The summed E-state index contributed by atoms with van der Waals surface area (Å²) in [5, 5.41) is 5.54. The molecular weight excluding hydrogens is 438 g/mol. The van der Waals surface area contributed by atoms with E-state index in [4.69, 9.17) is 5.73 Å². The quantitative estimate of drug-likeness (QED) is 0.438. The van der Waals surface area contributed by atoms with Crippen LogP contribution in [-0.2, 0) is 0 Å². The average Bonchev–Trinajstić information content (AvgIpc) is 3.51. The number of amides is 2. The van der Waals surface area contributed by atoms with Crippen molar-refractivity contribution in [2.45, 2.75) is 39.3 Å². The fraction of sp³-hybridized carbons (Fsp3) is 0.348. The first-order valence-electron chi connectivity index (χ1n) is 10.4. The Bertz CT molecular complexity index is 1240. The molecule has 0 bridgehead atoms. The Kier molecular flexibility index (Phi) is 5.63. The smallest absolute Gasteiger partial charge is 0.384 e. The molecule has 3 aromatic rings. The number of pyridine rings is 2. The Morgan fingerprint density at radius 3 is 2.55 bits per heavy atom. The number of urea groups is 1. The largest absolute Gasteiger partial charge is 0.394 e. The number of nitrogens with one attached hydrogen (secondary N) is 2. The van der Waals surface area contributed by atoms with Gasteiger partial charge in [-0.15, -0.1) is 0 Å².